The summed E-state index contributed by atoms with van der Waals surface area (Å²) >= 11 is 5.84. The van der Waals surface area contributed by atoms with Gasteiger partial charge in [0, 0.05) is 5.02 Å². The minimum atomic E-state index is -0.132. The van der Waals surface area contributed by atoms with Crippen LogP contribution < -0.4 is 5.43 Å². The largest absolute Gasteiger partial charge is 0.273 e. The number of hydrazone groups is 1. The molecule has 0 unspecified atom stereocenters. The molecule has 0 aromatic heterocycles. The van der Waals surface area contributed by atoms with Gasteiger partial charge in [0.05, 0.1) is 12.1 Å². The van der Waals surface area contributed by atoms with Gasteiger partial charge >= 0.3 is 0 Å². The third-order valence-electron chi connectivity index (χ3n) is 3.10. The molecule has 0 atom stereocenters. The topological polar surface area (TPSA) is 41.5 Å². The van der Waals surface area contributed by atoms with Crippen LogP contribution in [0.4, 0.5) is 0 Å². The maximum atomic E-state index is 11.8. The predicted molar refractivity (Wildman–Crippen MR) is 86.7 cm³/mol. The fourth-order valence-corrected chi connectivity index (χ4v) is 1.96. The van der Waals surface area contributed by atoms with Crippen molar-refractivity contribution in [1.82, 2.24) is 5.43 Å². The Morgan fingerprint density at radius 1 is 1.10 bits per heavy atom. The average molecular weight is 301 g/mol. The van der Waals surface area contributed by atoms with Crippen molar-refractivity contribution < 1.29 is 4.79 Å². The van der Waals surface area contributed by atoms with Crippen molar-refractivity contribution in [1.29, 1.82) is 0 Å². The number of nitrogens with zero attached hydrogens (tertiary/aromatic N) is 1. The number of hydrogen-bond acceptors (Lipinski definition) is 2. The van der Waals surface area contributed by atoms with Crippen LogP contribution >= 0.6 is 11.6 Å². The molecule has 0 aliphatic rings. The molecule has 0 fully saturated rings. The summed E-state index contributed by atoms with van der Waals surface area (Å²) in [6.07, 6.45) is 0.317. The zero-order valence-electron chi connectivity index (χ0n) is 12.1. The molecule has 0 aliphatic heterocycles. The molecule has 0 spiro atoms. The van der Waals surface area contributed by atoms with Gasteiger partial charge < -0.3 is 0 Å². The van der Waals surface area contributed by atoms with Crippen LogP contribution in [0.3, 0.4) is 0 Å². The van der Waals surface area contributed by atoms with Crippen molar-refractivity contribution in [2.45, 2.75) is 20.3 Å². The molecule has 0 saturated heterocycles. The second kappa shape index (κ2) is 7.04. The number of carbonyl (C=O) groups is 1. The van der Waals surface area contributed by atoms with Crippen molar-refractivity contribution >= 4 is 23.2 Å². The summed E-state index contributed by atoms with van der Waals surface area (Å²) in [4.78, 5) is 11.8. The number of rotatable bonds is 4. The standard InChI is InChI=1S/C17H17ClN2O/c1-12-3-5-14(6-4-12)11-17(21)20-19-13(2)15-7-9-16(18)10-8-15/h3-10H,11H2,1-2H3,(H,20,21). The Bertz CT molecular complexity index is 645. The molecule has 4 heteroatoms. The van der Waals surface area contributed by atoms with E-state index in [1.54, 1.807) is 12.1 Å². The summed E-state index contributed by atoms with van der Waals surface area (Å²) in [6, 6.07) is 15.2. The molecule has 1 N–H and O–H groups in total. The van der Waals surface area contributed by atoms with Crippen LogP contribution in [0.2, 0.25) is 5.02 Å². The second-order valence-corrected chi connectivity index (χ2v) is 5.34. The van der Waals surface area contributed by atoms with Gasteiger partial charge in [-0.25, -0.2) is 5.43 Å². The summed E-state index contributed by atoms with van der Waals surface area (Å²) in [6.45, 7) is 3.86. The number of amides is 1. The lowest BCUT2D eigenvalue weighted by Crippen LogP contribution is -2.21. The summed E-state index contributed by atoms with van der Waals surface area (Å²) in [5.74, 6) is -0.132. The van der Waals surface area contributed by atoms with E-state index in [1.807, 2.05) is 50.2 Å². The highest BCUT2D eigenvalue weighted by Gasteiger charge is 2.03. The first-order chi connectivity index (χ1) is 10.0. The highest BCUT2D eigenvalue weighted by atomic mass is 35.5. The van der Waals surface area contributed by atoms with E-state index in [0.29, 0.717) is 11.4 Å². The van der Waals surface area contributed by atoms with Crippen molar-refractivity contribution in [2.24, 2.45) is 5.10 Å². The first-order valence-corrected chi connectivity index (χ1v) is 7.07. The van der Waals surface area contributed by atoms with E-state index in [0.717, 1.165) is 16.8 Å². The Hall–Kier alpha value is -2.13. The fraction of sp³-hybridized carbons (Fsp3) is 0.176. The molecule has 0 heterocycles. The molecule has 2 aromatic rings. The van der Waals surface area contributed by atoms with Crippen molar-refractivity contribution in [3.63, 3.8) is 0 Å². The summed E-state index contributed by atoms with van der Waals surface area (Å²) in [5, 5.41) is 4.79. The lowest BCUT2D eigenvalue weighted by Gasteiger charge is -2.04. The molecule has 2 rings (SSSR count). The van der Waals surface area contributed by atoms with Gasteiger partial charge in [-0.3, -0.25) is 4.79 Å². The maximum Gasteiger partial charge on any atom is 0.244 e. The Kier molecular flexibility index (Phi) is 5.12. The molecule has 0 bridgehead atoms. The molecule has 0 saturated carbocycles. The second-order valence-electron chi connectivity index (χ2n) is 4.90. The molecule has 2 aromatic carbocycles. The number of carbonyl (C=O) groups excluding carboxylic acids is 1. The van der Waals surface area contributed by atoms with Gasteiger partial charge in [0.15, 0.2) is 0 Å². The fourth-order valence-electron chi connectivity index (χ4n) is 1.83. The van der Waals surface area contributed by atoms with Crippen LogP contribution in [0, 0.1) is 6.92 Å². The molecule has 3 nitrogen and oxygen atoms in total. The summed E-state index contributed by atoms with van der Waals surface area (Å²) in [5.41, 5.74) is 6.39. The molecular formula is C17H17ClN2O. The van der Waals surface area contributed by atoms with Crippen LogP contribution in [-0.2, 0) is 11.2 Å². The van der Waals surface area contributed by atoms with Gasteiger partial charge in [-0.15, -0.1) is 0 Å². The van der Waals surface area contributed by atoms with E-state index in [2.05, 4.69) is 10.5 Å². The van der Waals surface area contributed by atoms with E-state index >= 15 is 0 Å². The monoisotopic (exact) mass is 300 g/mol. The Morgan fingerprint density at radius 2 is 1.71 bits per heavy atom. The van der Waals surface area contributed by atoms with E-state index in [-0.39, 0.29) is 5.91 Å². The predicted octanol–water partition coefficient (Wildman–Crippen LogP) is 3.73. The van der Waals surface area contributed by atoms with Gasteiger partial charge in [0.2, 0.25) is 5.91 Å². The number of aryl methyl sites for hydroxylation is 1. The van der Waals surface area contributed by atoms with Crippen LogP contribution in [0.5, 0.6) is 0 Å². The van der Waals surface area contributed by atoms with Gasteiger partial charge in [0.1, 0.15) is 0 Å². The van der Waals surface area contributed by atoms with Gasteiger partial charge in [-0.1, -0.05) is 53.6 Å². The Labute approximate surface area is 129 Å². The molecule has 108 valence electrons. The number of hydrogen-bond donors (Lipinski definition) is 1. The highest BCUT2D eigenvalue weighted by molar-refractivity contribution is 6.30. The molecular weight excluding hydrogens is 284 g/mol. The third-order valence-corrected chi connectivity index (χ3v) is 3.35. The Morgan fingerprint density at radius 3 is 2.33 bits per heavy atom. The van der Waals surface area contributed by atoms with Gasteiger partial charge in [0.25, 0.3) is 0 Å². The quantitative estimate of drug-likeness (QED) is 0.678. The first-order valence-electron chi connectivity index (χ1n) is 6.69. The van der Waals surface area contributed by atoms with E-state index in [9.17, 15) is 4.79 Å². The van der Waals surface area contributed by atoms with Gasteiger partial charge in [-0.2, -0.15) is 5.10 Å². The zero-order valence-corrected chi connectivity index (χ0v) is 12.8. The van der Waals surface area contributed by atoms with E-state index < -0.39 is 0 Å². The van der Waals surface area contributed by atoms with Crippen molar-refractivity contribution in [3.05, 3.63) is 70.2 Å². The lowest BCUT2D eigenvalue weighted by molar-refractivity contribution is -0.120. The van der Waals surface area contributed by atoms with Crippen molar-refractivity contribution in [3.8, 4) is 0 Å². The smallest absolute Gasteiger partial charge is 0.244 e. The highest BCUT2D eigenvalue weighted by Crippen LogP contribution is 2.10. The maximum absolute atomic E-state index is 11.8. The summed E-state index contributed by atoms with van der Waals surface area (Å²) in [7, 11) is 0. The normalized spacial score (nSPS) is 11.3. The van der Waals surface area contributed by atoms with Crippen LogP contribution in [0.1, 0.15) is 23.6 Å². The van der Waals surface area contributed by atoms with Gasteiger partial charge in [-0.05, 0) is 37.1 Å². The average Bonchev–Trinajstić information content (AvgIpc) is 2.48. The van der Waals surface area contributed by atoms with Crippen LogP contribution in [0.25, 0.3) is 0 Å². The summed E-state index contributed by atoms with van der Waals surface area (Å²) < 4.78 is 0. The zero-order chi connectivity index (χ0) is 15.2. The van der Waals surface area contributed by atoms with Crippen molar-refractivity contribution in [2.75, 3.05) is 0 Å². The van der Waals surface area contributed by atoms with E-state index in [4.69, 9.17) is 11.6 Å². The third kappa shape index (κ3) is 4.72. The molecule has 0 aliphatic carbocycles. The first kappa shape index (κ1) is 15.3. The lowest BCUT2D eigenvalue weighted by atomic mass is 10.1. The molecule has 0 radical (unpaired) electrons. The number of benzene rings is 2. The van der Waals surface area contributed by atoms with Crippen LogP contribution in [0.15, 0.2) is 53.6 Å². The minimum absolute atomic E-state index is 0.132. The molecule has 21 heavy (non-hydrogen) atoms. The van der Waals surface area contributed by atoms with E-state index in [1.165, 1.54) is 5.56 Å². The SMILES string of the molecule is CC(=NNC(=O)Cc1ccc(C)cc1)c1ccc(Cl)cc1. The minimum Gasteiger partial charge on any atom is -0.273 e. The molecule has 1 amide bonds. The number of nitrogens with one attached hydrogen (secondary N) is 1. The Balaban J connectivity index is 1.94. The van der Waals surface area contributed by atoms with Crippen LogP contribution in [-0.4, -0.2) is 11.6 Å². The number of halogens is 1.